The lowest BCUT2D eigenvalue weighted by atomic mass is 10.4. The fourth-order valence-electron chi connectivity index (χ4n) is 0.441. The van der Waals surface area contributed by atoms with Crippen LogP contribution in [0.1, 0.15) is 6.42 Å². The number of nitrogens with two attached hydrogens (primary N) is 1. The van der Waals surface area contributed by atoms with Crippen LogP contribution in [-0.2, 0) is 13.6 Å². The quantitative estimate of drug-likeness (QED) is 0.557. The Kier molecular flexibility index (Phi) is 1.91. The molecule has 0 aromatic rings. The van der Waals surface area contributed by atoms with Crippen LogP contribution in [0.4, 0.5) is 0 Å². The predicted octanol–water partition coefficient (Wildman–Crippen LogP) is 0.366. The van der Waals surface area contributed by atoms with Gasteiger partial charge in [-0.2, -0.15) is 0 Å². The second-order valence-electron chi connectivity index (χ2n) is 1.44. The van der Waals surface area contributed by atoms with E-state index in [2.05, 4.69) is 9.05 Å². The summed E-state index contributed by atoms with van der Waals surface area (Å²) < 4.78 is 19.2. The summed E-state index contributed by atoms with van der Waals surface area (Å²) in [6, 6.07) is 0. The highest BCUT2D eigenvalue weighted by molar-refractivity contribution is 7.34. The van der Waals surface area contributed by atoms with Crippen LogP contribution in [0.5, 0.6) is 0 Å². The Bertz CT molecular complexity index is 98.7. The van der Waals surface area contributed by atoms with Gasteiger partial charge in [0.25, 0.3) is 6.29 Å². The molecule has 0 aromatic heterocycles. The van der Waals surface area contributed by atoms with E-state index in [0.29, 0.717) is 13.0 Å². The topological polar surface area (TPSA) is 61.5 Å². The van der Waals surface area contributed by atoms with Crippen LogP contribution < -0.4 is 5.73 Å². The SMILES string of the molecule is NCCC1O[P+](=O)O1. The first-order chi connectivity index (χ1) is 3.83. The molecule has 0 bridgehead atoms. The Hall–Kier alpha value is -0.0200. The van der Waals surface area contributed by atoms with E-state index in [0.717, 1.165) is 0 Å². The van der Waals surface area contributed by atoms with E-state index in [-0.39, 0.29) is 6.29 Å². The maximum absolute atomic E-state index is 10.0. The summed E-state index contributed by atoms with van der Waals surface area (Å²) in [5.74, 6) is 0. The molecule has 1 heterocycles. The molecule has 0 spiro atoms. The molecule has 0 atom stereocenters. The van der Waals surface area contributed by atoms with Gasteiger partial charge in [-0.15, -0.1) is 0 Å². The zero-order chi connectivity index (χ0) is 5.98. The predicted molar refractivity (Wildman–Crippen MR) is 27.2 cm³/mol. The molecule has 0 unspecified atom stereocenters. The molecule has 0 radical (unpaired) electrons. The van der Waals surface area contributed by atoms with Crippen molar-refractivity contribution in [1.29, 1.82) is 0 Å². The maximum atomic E-state index is 10.0. The van der Waals surface area contributed by atoms with E-state index in [9.17, 15) is 4.57 Å². The Labute approximate surface area is 47.9 Å². The van der Waals surface area contributed by atoms with Crippen molar-refractivity contribution < 1.29 is 13.6 Å². The molecule has 2 N–H and O–H groups in total. The van der Waals surface area contributed by atoms with Gasteiger partial charge in [-0.25, -0.2) is 0 Å². The van der Waals surface area contributed by atoms with E-state index < -0.39 is 8.25 Å². The van der Waals surface area contributed by atoms with Crippen LogP contribution in [0.25, 0.3) is 0 Å². The Morgan fingerprint density at radius 1 is 1.62 bits per heavy atom. The zero-order valence-electron chi connectivity index (χ0n) is 4.24. The highest BCUT2D eigenvalue weighted by Gasteiger charge is 2.44. The summed E-state index contributed by atoms with van der Waals surface area (Å²) in [6.45, 7) is 0.508. The van der Waals surface area contributed by atoms with Crippen LogP contribution in [0, 0.1) is 0 Å². The average Bonchev–Trinajstić information content (AvgIpc) is 1.64. The van der Waals surface area contributed by atoms with Gasteiger partial charge in [0.15, 0.2) is 0 Å². The third-order valence-electron chi connectivity index (χ3n) is 0.810. The molecule has 4 nitrogen and oxygen atoms in total. The molecule has 8 heavy (non-hydrogen) atoms. The molecule has 1 fully saturated rings. The summed E-state index contributed by atoms with van der Waals surface area (Å²) in [4.78, 5) is 0. The lowest BCUT2D eigenvalue weighted by molar-refractivity contribution is -0.0793. The van der Waals surface area contributed by atoms with Crippen molar-refractivity contribution in [1.82, 2.24) is 0 Å². The Balaban J connectivity index is 2.06. The van der Waals surface area contributed by atoms with Crippen molar-refractivity contribution >= 4 is 8.25 Å². The van der Waals surface area contributed by atoms with Crippen molar-refractivity contribution in [3.8, 4) is 0 Å². The molecular formula is C3H7NO3P+. The van der Waals surface area contributed by atoms with Crippen molar-refractivity contribution in [3.63, 3.8) is 0 Å². The highest BCUT2D eigenvalue weighted by atomic mass is 31.1. The minimum absolute atomic E-state index is 0.302. The van der Waals surface area contributed by atoms with Gasteiger partial charge in [0.1, 0.15) is 0 Å². The van der Waals surface area contributed by atoms with Crippen LogP contribution in [0.2, 0.25) is 0 Å². The molecule has 5 heteroatoms. The first kappa shape index (κ1) is 6.11. The van der Waals surface area contributed by atoms with Gasteiger partial charge in [-0.1, -0.05) is 9.05 Å². The van der Waals surface area contributed by atoms with Crippen molar-refractivity contribution in [2.75, 3.05) is 6.54 Å². The molecule has 0 aromatic carbocycles. The minimum atomic E-state index is -1.77. The Morgan fingerprint density at radius 2 is 2.25 bits per heavy atom. The molecule has 0 amide bonds. The van der Waals surface area contributed by atoms with Crippen molar-refractivity contribution in [3.05, 3.63) is 0 Å². The minimum Gasteiger partial charge on any atom is -0.330 e. The second kappa shape index (κ2) is 2.51. The highest BCUT2D eigenvalue weighted by Crippen LogP contribution is 2.40. The van der Waals surface area contributed by atoms with Gasteiger partial charge < -0.3 is 5.73 Å². The third-order valence-corrected chi connectivity index (χ3v) is 1.62. The van der Waals surface area contributed by atoms with Crippen molar-refractivity contribution in [2.45, 2.75) is 12.7 Å². The van der Waals surface area contributed by atoms with Crippen LogP contribution in [-0.4, -0.2) is 12.8 Å². The molecular weight excluding hydrogens is 129 g/mol. The summed E-state index contributed by atoms with van der Waals surface area (Å²) >= 11 is 0. The molecule has 46 valence electrons. The zero-order valence-corrected chi connectivity index (χ0v) is 5.14. The van der Waals surface area contributed by atoms with Gasteiger partial charge in [-0.3, -0.25) is 0 Å². The average molecular weight is 136 g/mol. The van der Waals surface area contributed by atoms with Gasteiger partial charge in [0, 0.05) is 11.0 Å². The van der Waals surface area contributed by atoms with Crippen LogP contribution in [0.15, 0.2) is 0 Å². The van der Waals surface area contributed by atoms with E-state index in [1.165, 1.54) is 0 Å². The number of hydrogen-bond acceptors (Lipinski definition) is 4. The molecule has 1 saturated heterocycles. The maximum Gasteiger partial charge on any atom is 0.703 e. The van der Waals surface area contributed by atoms with E-state index in [1.54, 1.807) is 0 Å². The van der Waals surface area contributed by atoms with Crippen LogP contribution in [0.3, 0.4) is 0 Å². The van der Waals surface area contributed by atoms with E-state index in [4.69, 9.17) is 5.73 Å². The van der Waals surface area contributed by atoms with E-state index in [1.807, 2.05) is 0 Å². The molecule has 0 aliphatic carbocycles. The van der Waals surface area contributed by atoms with Gasteiger partial charge in [-0.05, 0) is 6.54 Å². The molecule has 0 saturated carbocycles. The lowest BCUT2D eigenvalue weighted by Crippen LogP contribution is -2.23. The largest absolute Gasteiger partial charge is 0.703 e. The molecule has 1 aliphatic rings. The van der Waals surface area contributed by atoms with Gasteiger partial charge in [0.05, 0.1) is 0 Å². The van der Waals surface area contributed by atoms with Gasteiger partial charge >= 0.3 is 8.25 Å². The fraction of sp³-hybridized carbons (Fsp3) is 1.00. The Morgan fingerprint density at radius 3 is 2.62 bits per heavy atom. The van der Waals surface area contributed by atoms with Gasteiger partial charge in [0.2, 0.25) is 0 Å². The summed E-state index contributed by atoms with van der Waals surface area (Å²) in [7, 11) is -1.77. The number of rotatable bonds is 2. The first-order valence-electron chi connectivity index (χ1n) is 2.34. The van der Waals surface area contributed by atoms with E-state index >= 15 is 0 Å². The number of hydrogen-bond donors (Lipinski definition) is 1. The summed E-state index contributed by atoms with van der Waals surface area (Å²) in [6.07, 6.45) is 0.324. The standard InChI is InChI=1S/C3H7NO3P/c4-2-1-3-6-8(5)7-3/h3H,1-2,4H2/q+1. The monoisotopic (exact) mass is 136 g/mol. The first-order valence-corrected chi connectivity index (χ1v) is 3.43. The summed E-state index contributed by atoms with van der Waals surface area (Å²) in [5.41, 5.74) is 5.13. The lowest BCUT2D eigenvalue weighted by Gasteiger charge is -2.08. The molecule has 1 rings (SSSR count). The van der Waals surface area contributed by atoms with Crippen LogP contribution >= 0.6 is 8.25 Å². The molecule has 1 aliphatic heterocycles. The fourth-order valence-corrected chi connectivity index (χ4v) is 1.05. The normalized spacial score (nSPS) is 32.1. The summed E-state index contributed by atoms with van der Waals surface area (Å²) in [5, 5.41) is 0. The third kappa shape index (κ3) is 1.23. The smallest absolute Gasteiger partial charge is 0.330 e. The van der Waals surface area contributed by atoms with Crippen molar-refractivity contribution in [2.24, 2.45) is 5.73 Å². The second-order valence-corrected chi connectivity index (χ2v) is 2.31.